The van der Waals surface area contributed by atoms with E-state index < -0.39 is 8.53 Å². The van der Waals surface area contributed by atoms with Gasteiger partial charge in [-0.1, -0.05) is 57.5 Å². The van der Waals surface area contributed by atoms with E-state index in [0.29, 0.717) is 6.04 Å². The first-order valence-corrected chi connectivity index (χ1v) is 12.3. The third kappa shape index (κ3) is 6.02. The van der Waals surface area contributed by atoms with Crippen LogP contribution in [0, 0.1) is 5.41 Å². The minimum Gasteiger partial charge on any atom is -0.321 e. The van der Waals surface area contributed by atoms with Crippen molar-refractivity contribution >= 4 is 8.53 Å². The van der Waals surface area contributed by atoms with Crippen LogP contribution in [0.2, 0.25) is 0 Å². The molecule has 2 unspecified atom stereocenters. The summed E-state index contributed by atoms with van der Waals surface area (Å²) in [6.07, 6.45) is 4.68. The van der Waals surface area contributed by atoms with E-state index in [2.05, 4.69) is 88.8 Å². The van der Waals surface area contributed by atoms with E-state index in [0.717, 1.165) is 38.8 Å². The molecule has 2 heterocycles. The fourth-order valence-corrected chi connectivity index (χ4v) is 7.10. The van der Waals surface area contributed by atoms with Crippen molar-refractivity contribution in [3.05, 3.63) is 35.9 Å². The third-order valence-corrected chi connectivity index (χ3v) is 7.85. The van der Waals surface area contributed by atoms with Crippen molar-refractivity contribution in [1.29, 1.82) is 0 Å². The Labute approximate surface area is 179 Å². The molecule has 2 atom stereocenters. The minimum absolute atomic E-state index is 0.0694. The summed E-state index contributed by atoms with van der Waals surface area (Å²) in [6.45, 7) is 17.7. The van der Waals surface area contributed by atoms with Crippen molar-refractivity contribution in [3.63, 3.8) is 0 Å². The molecule has 0 amide bonds. The monoisotopic (exact) mass is 420 g/mol. The molecule has 2 aliphatic rings. The van der Waals surface area contributed by atoms with Crippen LogP contribution in [0.3, 0.4) is 0 Å². The van der Waals surface area contributed by atoms with E-state index >= 15 is 0 Å². The number of benzene rings is 1. The lowest BCUT2D eigenvalue weighted by Gasteiger charge is -2.52. The van der Waals surface area contributed by atoms with Crippen molar-refractivity contribution in [3.8, 4) is 0 Å². The molecule has 0 bridgehead atoms. The van der Waals surface area contributed by atoms with Gasteiger partial charge < -0.3 is 14.4 Å². The van der Waals surface area contributed by atoms with Crippen molar-refractivity contribution in [2.75, 3.05) is 6.61 Å². The van der Waals surface area contributed by atoms with Gasteiger partial charge in [0.2, 0.25) is 0 Å². The second-order valence-corrected chi connectivity index (χ2v) is 12.4. The fraction of sp³-hybridized carbons (Fsp3) is 0.750. The normalized spacial score (nSPS) is 29.1. The van der Waals surface area contributed by atoms with E-state index in [-0.39, 0.29) is 22.6 Å². The molecule has 2 fully saturated rings. The van der Waals surface area contributed by atoms with Crippen LogP contribution in [0.25, 0.3) is 0 Å². The molecule has 1 aromatic carbocycles. The predicted molar refractivity (Wildman–Crippen MR) is 123 cm³/mol. The summed E-state index contributed by atoms with van der Waals surface area (Å²) in [5.41, 5.74) is 1.58. The molecule has 5 heteroatoms. The molecule has 29 heavy (non-hydrogen) atoms. The fourth-order valence-electron chi connectivity index (χ4n) is 5.01. The average molecular weight is 421 g/mol. The Morgan fingerprint density at radius 1 is 1.03 bits per heavy atom. The van der Waals surface area contributed by atoms with Gasteiger partial charge in [-0.05, 0) is 52.5 Å². The Morgan fingerprint density at radius 3 is 2.24 bits per heavy atom. The average Bonchev–Trinajstić information content (AvgIpc) is 2.60. The van der Waals surface area contributed by atoms with E-state index in [1.165, 1.54) is 5.56 Å². The summed E-state index contributed by atoms with van der Waals surface area (Å²) >= 11 is 0. The number of nitrogens with one attached hydrogen (secondary N) is 1. The van der Waals surface area contributed by atoms with Crippen molar-refractivity contribution in [2.24, 2.45) is 5.41 Å². The number of hydrogen-bond acceptors (Lipinski definition) is 4. The number of rotatable bonds is 6. The van der Waals surface area contributed by atoms with Gasteiger partial charge in [-0.2, -0.15) is 0 Å². The van der Waals surface area contributed by atoms with Gasteiger partial charge in [-0.25, -0.2) is 4.67 Å². The largest absolute Gasteiger partial charge is 0.321 e. The van der Waals surface area contributed by atoms with Crippen LogP contribution in [-0.2, 0) is 15.6 Å². The SMILES string of the molecule is CCCC1OP(N(Cc2ccccc2)C2CC(C)(C)NC(C)(C)C2)OCC1(C)C. The van der Waals surface area contributed by atoms with Gasteiger partial charge in [0.15, 0.2) is 0 Å². The minimum atomic E-state index is -1.07. The van der Waals surface area contributed by atoms with Gasteiger partial charge >= 0.3 is 0 Å². The first-order chi connectivity index (χ1) is 13.5. The van der Waals surface area contributed by atoms with Gasteiger partial charge in [0.25, 0.3) is 8.53 Å². The summed E-state index contributed by atoms with van der Waals surface area (Å²) in [5, 5.41) is 3.82. The highest BCUT2D eigenvalue weighted by Crippen LogP contribution is 2.55. The second-order valence-electron chi connectivity index (χ2n) is 10.9. The van der Waals surface area contributed by atoms with Gasteiger partial charge in [0.05, 0.1) is 12.7 Å². The van der Waals surface area contributed by atoms with E-state index in [1.807, 2.05) is 0 Å². The quantitative estimate of drug-likeness (QED) is 0.550. The molecule has 0 radical (unpaired) electrons. The van der Waals surface area contributed by atoms with Crippen LogP contribution in [0.5, 0.6) is 0 Å². The van der Waals surface area contributed by atoms with Crippen molar-refractivity contribution < 1.29 is 9.05 Å². The lowest BCUT2D eigenvalue weighted by atomic mass is 9.79. The van der Waals surface area contributed by atoms with E-state index in [1.54, 1.807) is 0 Å². The van der Waals surface area contributed by atoms with Crippen LogP contribution >= 0.6 is 8.53 Å². The second kappa shape index (κ2) is 8.93. The molecule has 0 saturated carbocycles. The Balaban J connectivity index is 1.87. The molecule has 1 N–H and O–H groups in total. The standard InChI is InChI=1S/C24H41N2O2P/c1-8-12-21-22(2,3)18-27-29(28-21)26(17-19-13-10-9-11-14-19)20-15-23(4,5)25-24(6,7)16-20/h9-11,13-14,20-21,25H,8,12,15-18H2,1-7H3. The van der Waals surface area contributed by atoms with Crippen molar-refractivity contribution in [2.45, 2.75) is 104 Å². The van der Waals surface area contributed by atoms with Crippen LogP contribution in [-0.4, -0.2) is 34.5 Å². The van der Waals surface area contributed by atoms with Crippen LogP contribution < -0.4 is 5.32 Å². The van der Waals surface area contributed by atoms with Gasteiger partial charge in [-0.3, -0.25) is 0 Å². The highest BCUT2D eigenvalue weighted by Gasteiger charge is 2.46. The molecule has 3 rings (SSSR count). The van der Waals surface area contributed by atoms with E-state index in [4.69, 9.17) is 9.05 Å². The summed E-state index contributed by atoms with van der Waals surface area (Å²) in [7, 11) is -1.07. The molecule has 2 aliphatic heterocycles. The molecule has 0 aromatic heterocycles. The smallest absolute Gasteiger partial charge is 0.259 e. The zero-order valence-corrected chi connectivity index (χ0v) is 20.4. The molecular formula is C24H41N2O2P. The maximum absolute atomic E-state index is 6.71. The Morgan fingerprint density at radius 2 is 1.66 bits per heavy atom. The zero-order valence-electron chi connectivity index (χ0n) is 19.5. The first-order valence-electron chi connectivity index (χ1n) is 11.2. The van der Waals surface area contributed by atoms with Crippen molar-refractivity contribution in [1.82, 2.24) is 9.99 Å². The topological polar surface area (TPSA) is 33.7 Å². The van der Waals surface area contributed by atoms with Crippen LogP contribution in [0.4, 0.5) is 0 Å². The molecule has 1 aromatic rings. The summed E-state index contributed by atoms with van der Waals surface area (Å²) in [6, 6.07) is 11.2. The lowest BCUT2D eigenvalue weighted by Crippen LogP contribution is -2.61. The van der Waals surface area contributed by atoms with Gasteiger partial charge in [-0.15, -0.1) is 0 Å². The Hall–Kier alpha value is -0.510. The summed E-state index contributed by atoms with van der Waals surface area (Å²) in [4.78, 5) is 0. The summed E-state index contributed by atoms with van der Waals surface area (Å²) in [5.74, 6) is 0. The molecule has 0 spiro atoms. The zero-order chi connectivity index (χ0) is 21.3. The maximum atomic E-state index is 6.71. The van der Waals surface area contributed by atoms with E-state index in [9.17, 15) is 0 Å². The molecular weight excluding hydrogens is 379 g/mol. The first kappa shape index (κ1) is 23.2. The molecule has 4 nitrogen and oxygen atoms in total. The Kier molecular flexibility index (Phi) is 7.13. The van der Waals surface area contributed by atoms with Gasteiger partial charge in [0, 0.05) is 29.1 Å². The molecule has 2 saturated heterocycles. The predicted octanol–water partition coefficient (Wildman–Crippen LogP) is 6.27. The van der Waals surface area contributed by atoms with Crippen LogP contribution in [0.15, 0.2) is 30.3 Å². The lowest BCUT2D eigenvalue weighted by molar-refractivity contribution is -0.0336. The van der Waals surface area contributed by atoms with Crippen LogP contribution in [0.1, 0.15) is 79.7 Å². The highest BCUT2D eigenvalue weighted by atomic mass is 31.2. The maximum Gasteiger partial charge on any atom is 0.259 e. The summed E-state index contributed by atoms with van der Waals surface area (Å²) < 4.78 is 15.7. The Bertz CT molecular complexity index is 646. The molecule has 0 aliphatic carbocycles. The molecule has 164 valence electrons. The van der Waals surface area contributed by atoms with Gasteiger partial charge in [0.1, 0.15) is 0 Å². The number of hydrogen-bond donors (Lipinski definition) is 1. The third-order valence-electron chi connectivity index (χ3n) is 6.17. The number of piperidine rings is 1. The number of nitrogens with zero attached hydrogens (tertiary/aromatic N) is 1. The highest BCUT2D eigenvalue weighted by molar-refractivity contribution is 7.44.